The number of nitrogens with zero attached hydrogens (tertiary/aromatic N) is 3. The Morgan fingerprint density at radius 1 is 1.12 bits per heavy atom. The lowest BCUT2D eigenvalue weighted by molar-refractivity contribution is 0.0961. The van der Waals surface area contributed by atoms with E-state index in [0.717, 1.165) is 36.0 Å². The molecule has 124 valence electrons. The van der Waals surface area contributed by atoms with Gasteiger partial charge in [-0.25, -0.2) is 9.97 Å². The Hall–Kier alpha value is -2.43. The van der Waals surface area contributed by atoms with Crippen LogP contribution in [0.1, 0.15) is 52.5 Å². The Morgan fingerprint density at radius 2 is 1.88 bits per heavy atom. The fourth-order valence-corrected chi connectivity index (χ4v) is 3.87. The number of anilines is 1. The first-order valence-corrected chi connectivity index (χ1v) is 8.57. The first-order valence-electron chi connectivity index (χ1n) is 8.57. The van der Waals surface area contributed by atoms with E-state index in [4.69, 9.17) is 4.98 Å². The van der Waals surface area contributed by atoms with E-state index in [2.05, 4.69) is 9.88 Å². The number of rotatable bonds is 2. The van der Waals surface area contributed by atoms with Gasteiger partial charge in [-0.2, -0.15) is 0 Å². The number of aryl methyl sites for hydroxylation is 1. The summed E-state index contributed by atoms with van der Waals surface area (Å²) in [6, 6.07) is 7.27. The molecule has 2 aliphatic rings. The molecular weight excluding hydrogens is 302 g/mol. The predicted octanol–water partition coefficient (Wildman–Crippen LogP) is 3.00. The molecule has 1 saturated heterocycles. The number of phenolic OH excluding ortho intramolecular Hbond substituents is 1. The maximum absolute atomic E-state index is 12.7. The second kappa shape index (κ2) is 5.89. The lowest BCUT2D eigenvalue weighted by Crippen LogP contribution is -2.26. The smallest absolute Gasteiger partial charge is 0.225 e. The Kier molecular flexibility index (Phi) is 3.71. The Bertz CT molecular complexity index is 797. The summed E-state index contributed by atoms with van der Waals surface area (Å²) < 4.78 is 0. The third-order valence-corrected chi connectivity index (χ3v) is 5.07. The zero-order valence-corrected chi connectivity index (χ0v) is 13.8. The molecule has 1 unspecified atom stereocenters. The van der Waals surface area contributed by atoms with Gasteiger partial charge in [0, 0.05) is 25.4 Å². The summed E-state index contributed by atoms with van der Waals surface area (Å²) in [5, 5.41) is 10.1. The van der Waals surface area contributed by atoms with E-state index in [-0.39, 0.29) is 17.5 Å². The summed E-state index contributed by atoms with van der Waals surface area (Å²) in [7, 11) is 0. The molecule has 0 amide bonds. The maximum Gasteiger partial charge on any atom is 0.225 e. The number of hydrogen-bond acceptors (Lipinski definition) is 5. The molecule has 4 rings (SSSR count). The van der Waals surface area contributed by atoms with Crippen LogP contribution in [0.25, 0.3) is 0 Å². The van der Waals surface area contributed by atoms with Crippen molar-refractivity contribution in [3.05, 3.63) is 46.8 Å². The van der Waals surface area contributed by atoms with Gasteiger partial charge >= 0.3 is 0 Å². The van der Waals surface area contributed by atoms with Crippen LogP contribution in [0, 0.1) is 6.92 Å². The van der Waals surface area contributed by atoms with Gasteiger partial charge in [0.05, 0.1) is 17.0 Å². The number of hydrogen-bond donors (Lipinski definition) is 1. The third kappa shape index (κ3) is 2.54. The number of fused-ring (bicyclic) bond motifs is 1. The molecule has 0 radical (unpaired) electrons. The number of para-hydroxylation sites is 1. The van der Waals surface area contributed by atoms with Crippen molar-refractivity contribution in [2.45, 2.75) is 38.5 Å². The molecule has 0 spiro atoms. The number of phenols is 1. The molecule has 2 heterocycles. The predicted molar refractivity (Wildman–Crippen MR) is 91.7 cm³/mol. The summed E-state index contributed by atoms with van der Waals surface area (Å²) in [5.74, 6) is 1.06. The minimum atomic E-state index is -0.0214. The second-order valence-corrected chi connectivity index (χ2v) is 6.71. The van der Waals surface area contributed by atoms with Crippen molar-refractivity contribution in [3.8, 4) is 5.75 Å². The van der Waals surface area contributed by atoms with Gasteiger partial charge < -0.3 is 10.0 Å². The van der Waals surface area contributed by atoms with Gasteiger partial charge in [-0.3, -0.25) is 4.79 Å². The molecule has 24 heavy (non-hydrogen) atoms. The minimum absolute atomic E-state index is 0.0214. The fourth-order valence-electron chi connectivity index (χ4n) is 3.87. The third-order valence-electron chi connectivity index (χ3n) is 5.07. The van der Waals surface area contributed by atoms with Gasteiger partial charge in [-0.15, -0.1) is 0 Å². The van der Waals surface area contributed by atoms with Crippen molar-refractivity contribution >= 4 is 11.7 Å². The van der Waals surface area contributed by atoms with E-state index in [1.807, 2.05) is 19.1 Å². The Balaban J connectivity index is 1.73. The highest BCUT2D eigenvalue weighted by Crippen LogP contribution is 2.37. The zero-order valence-electron chi connectivity index (χ0n) is 13.8. The number of Topliss-reactive ketones (excluding diaryl/α,β-unsaturated/α-hetero) is 1. The maximum atomic E-state index is 12.7. The first-order chi connectivity index (χ1) is 11.6. The van der Waals surface area contributed by atoms with Crippen LogP contribution in [0.15, 0.2) is 24.3 Å². The molecule has 1 aliphatic carbocycles. The molecule has 1 N–H and O–H groups in total. The topological polar surface area (TPSA) is 66.3 Å². The summed E-state index contributed by atoms with van der Waals surface area (Å²) in [6.45, 7) is 3.86. The van der Waals surface area contributed by atoms with Crippen molar-refractivity contribution in [2.75, 3.05) is 18.0 Å². The standard InChI is InChI=1S/C19H21N3O2/c1-12-18-15(21-19(20-12)22-8-4-5-9-22)10-13(11-17(18)24)14-6-2-3-7-16(14)23/h2-3,6-7,13,23H,4-5,8-11H2,1H3. The van der Waals surface area contributed by atoms with Crippen LogP contribution in [-0.4, -0.2) is 33.9 Å². The summed E-state index contributed by atoms with van der Waals surface area (Å²) in [4.78, 5) is 24.2. The average molecular weight is 323 g/mol. The number of ketones is 1. The number of carbonyl (C=O) groups excluding carboxylic acids is 1. The van der Waals surface area contributed by atoms with Gasteiger partial charge in [-0.1, -0.05) is 18.2 Å². The van der Waals surface area contributed by atoms with E-state index in [1.165, 1.54) is 12.8 Å². The monoisotopic (exact) mass is 323 g/mol. The summed E-state index contributed by atoms with van der Waals surface area (Å²) in [6.07, 6.45) is 3.40. The van der Waals surface area contributed by atoms with Crippen LogP contribution < -0.4 is 4.90 Å². The number of aromatic nitrogens is 2. The van der Waals surface area contributed by atoms with Crippen LogP contribution in [0.5, 0.6) is 5.75 Å². The minimum Gasteiger partial charge on any atom is -0.508 e. The number of aromatic hydroxyl groups is 1. The zero-order chi connectivity index (χ0) is 16.7. The SMILES string of the molecule is Cc1nc(N2CCCC2)nc2c1C(=O)CC(c1ccccc1O)C2. The van der Waals surface area contributed by atoms with Gasteiger partial charge in [0.25, 0.3) is 0 Å². The normalized spacial score (nSPS) is 20.3. The van der Waals surface area contributed by atoms with Crippen LogP contribution in [0.3, 0.4) is 0 Å². The lowest BCUT2D eigenvalue weighted by atomic mass is 9.81. The fraction of sp³-hybridized carbons (Fsp3) is 0.421. The molecule has 1 aliphatic heterocycles. The van der Waals surface area contributed by atoms with Gasteiger partial charge in [0.1, 0.15) is 5.75 Å². The average Bonchev–Trinajstić information content (AvgIpc) is 3.09. The molecule has 2 aromatic rings. The van der Waals surface area contributed by atoms with Crippen molar-refractivity contribution < 1.29 is 9.90 Å². The Labute approximate surface area is 141 Å². The largest absolute Gasteiger partial charge is 0.508 e. The Morgan fingerprint density at radius 3 is 2.62 bits per heavy atom. The second-order valence-electron chi connectivity index (χ2n) is 6.71. The van der Waals surface area contributed by atoms with E-state index in [0.29, 0.717) is 18.4 Å². The van der Waals surface area contributed by atoms with Crippen LogP contribution in [-0.2, 0) is 6.42 Å². The molecule has 1 fully saturated rings. The lowest BCUT2D eigenvalue weighted by Gasteiger charge is -2.26. The molecule has 1 aromatic carbocycles. The van der Waals surface area contributed by atoms with Crippen molar-refractivity contribution in [2.24, 2.45) is 0 Å². The quantitative estimate of drug-likeness (QED) is 0.920. The number of benzene rings is 1. The van der Waals surface area contributed by atoms with Crippen LogP contribution in [0.4, 0.5) is 5.95 Å². The molecule has 0 saturated carbocycles. The van der Waals surface area contributed by atoms with Crippen molar-refractivity contribution in [1.82, 2.24) is 9.97 Å². The van der Waals surface area contributed by atoms with Crippen LogP contribution in [0.2, 0.25) is 0 Å². The van der Waals surface area contributed by atoms with Crippen molar-refractivity contribution in [3.63, 3.8) is 0 Å². The highest BCUT2D eigenvalue weighted by atomic mass is 16.3. The number of carbonyl (C=O) groups is 1. The van der Waals surface area contributed by atoms with Crippen LogP contribution >= 0.6 is 0 Å². The van der Waals surface area contributed by atoms with E-state index >= 15 is 0 Å². The van der Waals surface area contributed by atoms with E-state index < -0.39 is 0 Å². The summed E-state index contributed by atoms with van der Waals surface area (Å²) >= 11 is 0. The molecule has 0 bridgehead atoms. The van der Waals surface area contributed by atoms with Gasteiger partial charge in [-0.05, 0) is 37.8 Å². The van der Waals surface area contributed by atoms with Crippen molar-refractivity contribution in [1.29, 1.82) is 0 Å². The van der Waals surface area contributed by atoms with Gasteiger partial charge in [0.15, 0.2) is 5.78 Å². The molecule has 5 heteroatoms. The highest BCUT2D eigenvalue weighted by Gasteiger charge is 2.31. The van der Waals surface area contributed by atoms with E-state index in [1.54, 1.807) is 12.1 Å². The molecule has 5 nitrogen and oxygen atoms in total. The molecule has 1 atom stereocenters. The molecule has 1 aromatic heterocycles. The highest BCUT2D eigenvalue weighted by molar-refractivity contribution is 5.99. The summed E-state index contributed by atoms with van der Waals surface area (Å²) in [5.41, 5.74) is 3.12. The molecular formula is C19H21N3O2. The first kappa shape index (κ1) is 15.1. The van der Waals surface area contributed by atoms with E-state index in [9.17, 15) is 9.90 Å². The van der Waals surface area contributed by atoms with Gasteiger partial charge in [0.2, 0.25) is 5.95 Å².